The number of anilines is 2. The maximum atomic E-state index is 12.8. The Hall–Kier alpha value is -2.35. The van der Waals surface area contributed by atoms with Crippen molar-refractivity contribution in [1.29, 1.82) is 0 Å². The Morgan fingerprint density at radius 1 is 1.17 bits per heavy atom. The molecule has 1 saturated carbocycles. The summed E-state index contributed by atoms with van der Waals surface area (Å²) in [5.41, 5.74) is 1.47. The molecule has 1 saturated heterocycles. The number of fused-ring (bicyclic) bond motifs is 1. The topological polar surface area (TPSA) is 41.0 Å². The molecule has 2 aromatic heterocycles. The van der Waals surface area contributed by atoms with Crippen LogP contribution >= 0.6 is 11.3 Å². The second-order valence-electron chi connectivity index (χ2n) is 8.61. The predicted octanol–water partition coefficient (Wildman–Crippen LogP) is 5.51. The Kier molecular flexibility index (Phi) is 4.84. The van der Waals surface area contributed by atoms with Gasteiger partial charge in [-0.1, -0.05) is 18.2 Å². The third kappa shape index (κ3) is 3.97. The predicted molar refractivity (Wildman–Crippen MR) is 114 cm³/mol. The van der Waals surface area contributed by atoms with Crippen molar-refractivity contribution in [2.45, 2.75) is 31.9 Å². The minimum absolute atomic E-state index is 0.295. The van der Waals surface area contributed by atoms with Gasteiger partial charge in [0.05, 0.1) is 11.8 Å². The molecule has 0 amide bonds. The molecular formula is C22H23F3N4S. The Balaban J connectivity index is 1.24. The molecule has 5 rings (SSSR count). The van der Waals surface area contributed by atoms with E-state index in [9.17, 15) is 13.2 Å². The van der Waals surface area contributed by atoms with Gasteiger partial charge in [-0.25, -0.2) is 9.97 Å². The monoisotopic (exact) mass is 432 g/mol. The molecule has 4 nitrogen and oxygen atoms in total. The summed E-state index contributed by atoms with van der Waals surface area (Å²) in [4.78, 5) is 11.8. The van der Waals surface area contributed by atoms with Crippen LogP contribution in [0.15, 0.2) is 42.7 Å². The number of nitrogens with zero attached hydrogens (tertiary/aromatic N) is 3. The van der Waals surface area contributed by atoms with Crippen molar-refractivity contribution in [2.24, 2.45) is 11.3 Å². The smallest absolute Gasteiger partial charge is 0.385 e. The molecule has 30 heavy (non-hydrogen) atoms. The van der Waals surface area contributed by atoms with Crippen molar-refractivity contribution >= 4 is 33.1 Å². The summed E-state index contributed by atoms with van der Waals surface area (Å²) in [6, 6.07) is 11.9. The minimum Gasteiger partial charge on any atom is -0.385 e. The molecule has 2 aliphatic rings. The maximum Gasteiger partial charge on any atom is 0.393 e. The lowest BCUT2D eigenvalue weighted by molar-refractivity contribution is -0.126. The summed E-state index contributed by atoms with van der Waals surface area (Å²) in [6.45, 7) is 2.80. The fourth-order valence-electron chi connectivity index (χ4n) is 5.01. The van der Waals surface area contributed by atoms with Gasteiger partial charge >= 0.3 is 6.18 Å². The fourth-order valence-corrected chi connectivity index (χ4v) is 6.03. The van der Waals surface area contributed by atoms with E-state index in [2.05, 4.69) is 32.3 Å². The van der Waals surface area contributed by atoms with Crippen LogP contribution in [0.2, 0.25) is 0 Å². The molecule has 0 bridgehead atoms. The van der Waals surface area contributed by atoms with Crippen LogP contribution in [0.3, 0.4) is 0 Å². The summed E-state index contributed by atoms with van der Waals surface area (Å²) in [6.07, 6.45) is -0.167. The molecule has 0 radical (unpaired) electrons. The van der Waals surface area contributed by atoms with Crippen LogP contribution in [-0.4, -0.2) is 35.8 Å². The zero-order valence-electron chi connectivity index (χ0n) is 16.5. The molecule has 1 aliphatic carbocycles. The number of benzene rings is 1. The van der Waals surface area contributed by atoms with Gasteiger partial charge in [0.25, 0.3) is 0 Å². The normalized spacial score (nSPS) is 23.8. The molecule has 2 fully saturated rings. The van der Waals surface area contributed by atoms with Gasteiger partial charge in [-0.05, 0) is 48.8 Å². The van der Waals surface area contributed by atoms with E-state index in [1.807, 2.05) is 18.2 Å². The van der Waals surface area contributed by atoms with Crippen molar-refractivity contribution in [1.82, 2.24) is 9.97 Å². The zero-order chi connectivity index (χ0) is 20.8. The summed E-state index contributed by atoms with van der Waals surface area (Å²) < 4.78 is 38.4. The number of halogens is 3. The summed E-state index contributed by atoms with van der Waals surface area (Å²) in [5, 5.41) is 4.27. The quantitative estimate of drug-likeness (QED) is 0.577. The number of hydrogen-bond acceptors (Lipinski definition) is 5. The SMILES string of the molecule is FC(F)(F)Cc1cc2c(N3CCC4(CC(CNc5ccccc5)C4)C3)ncnc2s1. The van der Waals surface area contributed by atoms with Gasteiger partial charge < -0.3 is 10.2 Å². The highest BCUT2D eigenvalue weighted by atomic mass is 32.1. The van der Waals surface area contributed by atoms with Gasteiger partial charge in [-0.3, -0.25) is 0 Å². The Morgan fingerprint density at radius 3 is 2.73 bits per heavy atom. The van der Waals surface area contributed by atoms with E-state index in [-0.39, 0.29) is 0 Å². The van der Waals surface area contributed by atoms with Crippen molar-refractivity contribution in [3.63, 3.8) is 0 Å². The van der Waals surface area contributed by atoms with E-state index < -0.39 is 12.6 Å². The molecule has 1 aromatic carbocycles. The largest absolute Gasteiger partial charge is 0.393 e. The van der Waals surface area contributed by atoms with Crippen LogP contribution in [0.1, 0.15) is 24.1 Å². The van der Waals surface area contributed by atoms with Gasteiger partial charge in [-0.15, -0.1) is 11.3 Å². The molecule has 0 atom stereocenters. The van der Waals surface area contributed by atoms with Gasteiger partial charge in [0.1, 0.15) is 17.0 Å². The first-order valence-electron chi connectivity index (χ1n) is 10.2. The number of thiophene rings is 1. The number of hydrogen-bond donors (Lipinski definition) is 1. The van der Waals surface area contributed by atoms with Crippen molar-refractivity contribution in [3.05, 3.63) is 47.6 Å². The fraction of sp³-hybridized carbons (Fsp3) is 0.455. The average molecular weight is 433 g/mol. The van der Waals surface area contributed by atoms with Crippen molar-refractivity contribution < 1.29 is 13.2 Å². The average Bonchev–Trinajstić information content (AvgIpc) is 3.28. The van der Waals surface area contributed by atoms with Gasteiger partial charge in [0.2, 0.25) is 0 Å². The minimum atomic E-state index is -4.21. The van der Waals surface area contributed by atoms with E-state index in [1.54, 1.807) is 6.07 Å². The third-order valence-corrected chi connectivity index (χ3v) is 7.33. The first-order valence-corrected chi connectivity index (χ1v) is 11.0. The molecule has 1 spiro atoms. The lowest BCUT2D eigenvalue weighted by Crippen LogP contribution is -2.42. The first-order chi connectivity index (χ1) is 14.4. The highest BCUT2D eigenvalue weighted by molar-refractivity contribution is 7.18. The maximum absolute atomic E-state index is 12.8. The Morgan fingerprint density at radius 2 is 1.97 bits per heavy atom. The van der Waals surface area contributed by atoms with E-state index in [0.717, 1.165) is 54.3 Å². The molecule has 8 heteroatoms. The third-order valence-electron chi connectivity index (χ3n) is 6.28. The van der Waals surface area contributed by atoms with Crippen LogP contribution in [0.5, 0.6) is 0 Å². The molecule has 3 aromatic rings. The summed E-state index contributed by atoms with van der Waals surface area (Å²) >= 11 is 1.12. The standard InChI is InChI=1S/C22H23F3N4S/c23-22(24,25)11-17-8-18-19(27-14-28-20(18)30-17)29-7-6-21(13-29)9-15(10-21)12-26-16-4-2-1-3-5-16/h1-5,8,14-15,26H,6-7,9-13H2. The molecule has 1 N–H and O–H groups in total. The molecule has 1 aliphatic heterocycles. The highest BCUT2D eigenvalue weighted by Gasteiger charge is 2.48. The van der Waals surface area contributed by atoms with Crippen molar-refractivity contribution in [2.75, 3.05) is 29.9 Å². The van der Waals surface area contributed by atoms with Crippen LogP contribution in [0, 0.1) is 11.3 Å². The van der Waals surface area contributed by atoms with E-state index >= 15 is 0 Å². The van der Waals surface area contributed by atoms with Gasteiger partial charge in [0.15, 0.2) is 0 Å². The van der Waals surface area contributed by atoms with Gasteiger partial charge in [0, 0.05) is 30.2 Å². The molecular weight excluding hydrogens is 409 g/mol. The number of para-hydroxylation sites is 1. The first kappa shape index (κ1) is 19.6. The van der Waals surface area contributed by atoms with Crippen LogP contribution in [0.25, 0.3) is 10.2 Å². The van der Waals surface area contributed by atoms with Crippen LogP contribution < -0.4 is 10.2 Å². The number of alkyl halides is 3. The van der Waals surface area contributed by atoms with E-state index in [1.165, 1.54) is 19.2 Å². The Labute approximate surface area is 177 Å². The number of rotatable bonds is 5. The summed E-state index contributed by atoms with van der Waals surface area (Å²) in [5.74, 6) is 1.45. The van der Waals surface area contributed by atoms with E-state index in [4.69, 9.17) is 0 Å². The van der Waals surface area contributed by atoms with Crippen LogP contribution in [-0.2, 0) is 6.42 Å². The zero-order valence-corrected chi connectivity index (χ0v) is 17.3. The lowest BCUT2D eigenvalue weighted by Gasteiger charge is -2.45. The Bertz CT molecular complexity index is 1030. The van der Waals surface area contributed by atoms with Gasteiger partial charge in [-0.2, -0.15) is 13.2 Å². The highest BCUT2D eigenvalue weighted by Crippen LogP contribution is 2.52. The molecule has 158 valence electrons. The lowest BCUT2D eigenvalue weighted by atomic mass is 9.61. The molecule has 3 heterocycles. The second kappa shape index (κ2) is 7.41. The number of aromatic nitrogens is 2. The van der Waals surface area contributed by atoms with Crippen LogP contribution in [0.4, 0.5) is 24.7 Å². The second-order valence-corrected chi connectivity index (χ2v) is 9.73. The van der Waals surface area contributed by atoms with E-state index in [0.29, 0.717) is 21.0 Å². The molecule has 0 unspecified atom stereocenters. The van der Waals surface area contributed by atoms with Crippen molar-refractivity contribution in [3.8, 4) is 0 Å². The number of nitrogens with one attached hydrogen (secondary N) is 1. The summed E-state index contributed by atoms with van der Waals surface area (Å²) in [7, 11) is 0.